The van der Waals surface area contributed by atoms with Gasteiger partial charge in [-0.05, 0) is 116 Å². The monoisotopic (exact) mass is 444 g/mol. The first-order chi connectivity index (χ1) is 15.2. The van der Waals surface area contributed by atoms with Crippen LogP contribution in [0.2, 0.25) is 0 Å². The van der Waals surface area contributed by atoms with Crippen LogP contribution < -0.4 is 0 Å². The van der Waals surface area contributed by atoms with E-state index >= 15 is 0 Å². The zero-order chi connectivity index (χ0) is 23.1. The molecule has 4 saturated carbocycles. The van der Waals surface area contributed by atoms with Crippen molar-refractivity contribution in [1.82, 2.24) is 0 Å². The molecule has 0 aromatic carbocycles. The van der Waals surface area contributed by atoms with Gasteiger partial charge in [0.05, 0.1) is 6.10 Å². The molecule has 0 aromatic rings. The number of hydrogen-bond donors (Lipinski definition) is 1. The van der Waals surface area contributed by atoms with E-state index in [-0.39, 0.29) is 6.10 Å². The van der Waals surface area contributed by atoms with Gasteiger partial charge in [0, 0.05) is 0 Å². The maximum atomic E-state index is 10.7. The van der Waals surface area contributed by atoms with Gasteiger partial charge in [-0.25, -0.2) is 0 Å². The zero-order valence-corrected chi connectivity index (χ0v) is 22.5. The molecule has 4 aliphatic carbocycles. The highest BCUT2D eigenvalue weighted by Crippen LogP contribution is 2.69. The Balaban J connectivity index is 1.50. The van der Waals surface area contributed by atoms with E-state index in [1.165, 1.54) is 77.0 Å². The van der Waals surface area contributed by atoms with Crippen LogP contribution in [-0.2, 0) is 0 Å². The fraction of sp³-hybridized carbons (Fsp3) is 1.00. The summed E-state index contributed by atoms with van der Waals surface area (Å²) in [6.45, 7) is 15.2. The Morgan fingerprint density at radius 2 is 1.66 bits per heavy atom. The first-order valence-corrected chi connectivity index (χ1v) is 14.9. The SMILES string of the molecule is CCCCC1CC(O)CC2CC[C@@H]3[C@H](CC[C@]4(C)[C@@H]([C@H](C)CCCC(C)C)CC[C@@H]34)[C@@]12C. The minimum atomic E-state index is -0.0251. The fourth-order valence-electron chi connectivity index (χ4n) is 10.4. The second-order valence-corrected chi connectivity index (χ2v) is 14.0. The Morgan fingerprint density at radius 3 is 2.38 bits per heavy atom. The van der Waals surface area contributed by atoms with Crippen LogP contribution >= 0.6 is 0 Å². The van der Waals surface area contributed by atoms with Gasteiger partial charge in [-0.15, -0.1) is 0 Å². The van der Waals surface area contributed by atoms with Gasteiger partial charge in [-0.3, -0.25) is 0 Å². The molecular weight excluding hydrogens is 388 g/mol. The number of fused-ring (bicyclic) bond motifs is 5. The lowest BCUT2D eigenvalue weighted by Gasteiger charge is -2.63. The van der Waals surface area contributed by atoms with Gasteiger partial charge in [0.15, 0.2) is 0 Å². The molecule has 0 amide bonds. The highest BCUT2D eigenvalue weighted by molar-refractivity contribution is 5.11. The summed E-state index contributed by atoms with van der Waals surface area (Å²) in [5.41, 5.74) is 1.11. The van der Waals surface area contributed by atoms with Crippen molar-refractivity contribution in [1.29, 1.82) is 0 Å². The lowest BCUT2D eigenvalue weighted by Crippen LogP contribution is -2.57. The molecule has 0 bridgehead atoms. The maximum Gasteiger partial charge on any atom is 0.0546 e. The average molecular weight is 445 g/mol. The van der Waals surface area contributed by atoms with Gasteiger partial charge in [-0.2, -0.15) is 0 Å². The van der Waals surface area contributed by atoms with E-state index < -0.39 is 0 Å². The lowest BCUT2D eigenvalue weighted by molar-refractivity contribution is -0.159. The van der Waals surface area contributed by atoms with Crippen LogP contribution in [0.5, 0.6) is 0 Å². The Labute approximate surface area is 200 Å². The van der Waals surface area contributed by atoms with Crippen molar-refractivity contribution in [2.24, 2.45) is 58.2 Å². The maximum absolute atomic E-state index is 10.7. The number of aliphatic hydroxyl groups excluding tert-OH is 1. The van der Waals surface area contributed by atoms with E-state index in [0.717, 1.165) is 60.2 Å². The fourth-order valence-corrected chi connectivity index (χ4v) is 10.4. The molecule has 186 valence electrons. The van der Waals surface area contributed by atoms with E-state index in [4.69, 9.17) is 0 Å². The van der Waals surface area contributed by atoms with Crippen LogP contribution in [0.25, 0.3) is 0 Å². The first kappa shape index (κ1) is 25.1. The highest BCUT2D eigenvalue weighted by atomic mass is 16.3. The van der Waals surface area contributed by atoms with Gasteiger partial charge in [0.25, 0.3) is 0 Å². The highest BCUT2D eigenvalue weighted by Gasteiger charge is 2.62. The Hall–Kier alpha value is -0.0400. The molecule has 4 fully saturated rings. The Bertz CT molecular complexity index is 612. The molecule has 1 nitrogen and oxygen atoms in total. The van der Waals surface area contributed by atoms with Crippen LogP contribution in [0, 0.1) is 58.2 Å². The summed E-state index contributed by atoms with van der Waals surface area (Å²) >= 11 is 0. The van der Waals surface area contributed by atoms with Gasteiger partial charge in [0.1, 0.15) is 0 Å². The van der Waals surface area contributed by atoms with Crippen LogP contribution in [-0.4, -0.2) is 11.2 Å². The molecule has 10 atom stereocenters. The van der Waals surface area contributed by atoms with Crippen molar-refractivity contribution < 1.29 is 5.11 Å². The van der Waals surface area contributed by atoms with Crippen LogP contribution in [0.4, 0.5) is 0 Å². The second kappa shape index (κ2) is 9.91. The van der Waals surface area contributed by atoms with Crippen LogP contribution in [0.1, 0.15) is 131 Å². The second-order valence-electron chi connectivity index (χ2n) is 14.0. The minimum Gasteiger partial charge on any atom is -0.393 e. The summed E-state index contributed by atoms with van der Waals surface area (Å²) in [5.74, 6) is 7.17. The van der Waals surface area contributed by atoms with E-state index in [1.54, 1.807) is 0 Å². The summed E-state index contributed by atoms with van der Waals surface area (Å²) < 4.78 is 0. The van der Waals surface area contributed by atoms with Crippen molar-refractivity contribution in [2.45, 2.75) is 138 Å². The molecule has 0 spiro atoms. The minimum absolute atomic E-state index is 0.0251. The zero-order valence-electron chi connectivity index (χ0n) is 22.5. The van der Waals surface area contributed by atoms with Gasteiger partial charge < -0.3 is 5.11 Å². The molecule has 1 heteroatoms. The van der Waals surface area contributed by atoms with Gasteiger partial charge in [0.2, 0.25) is 0 Å². The number of unbranched alkanes of at least 4 members (excludes halogenated alkanes) is 1. The van der Waals surface area contributed by atoms with E-state index in [1.807, 2.05) is 0 Å². The third-order valence-corrected chi connectivity index (χ3v) is 12.1. The molecule has 0 saturated heterocycles. The van der Waals surface area contributed by atoms with Crippen molar-refractivity contribution >= 4 is 0 Å². The number of aliphatic hydroxyl groups is 1. The first-order valence-electron chi connectivity index (χ1n) is 14.9. The smallest absolute Gasteiger partial charge is 0.0546 e. The number of hydrogen-bond acceptors (Lipinski definition) is 1. The quantitative estimate of drug-likeness (QED) is 0.396. The normalized spacial score (nSPS) is 47.1. The predicted octanol–water partition coefficient (Wildman–Crippen LogP) is 8.88. The molecule has 4 rings (SSSR count). The van der Waals surface area contributed by atoms with Crippen molar-refractivity contribution in [3.63, 3.8) is 0 Å². The topological polar surface area (TPSA) is 20.2 Å². The third-order valence-electron chi connectivity index (χ3n) is 12.1. The summed E-state index contributed by atoms with van der Waals surface area (Å²) in [7, 11) is 0. The molecule has 0 heterocycles. The molecule has 0 radical (unpaired) electrons. The van der Waals surface area contributed by atoms with E-state index in [9.17, 15) is 5.11 Å². The predicted molar refractivity (Wildman–Crippen MR) is 137 cm³/mol. The standard InChI is InChI=1S/C31H56O/c1-7-8-12-23-19-25(32)20-24-13-14-26-28-16-15-27(22(4)11-9-10-21(2)3)30(28,5)18-17-29(26)31(23,24)6/h21-29,32H,7-20H2,1-6H3/t22-,23?,24?,25?,26+,27-,28+,29+,30-,31+/m1/s1. The molecule has 4 aliphatic rings. The van der Waals surface area contributed by atoms with Crippen LogP contribution in [0.15, 0.2) is 0 Å². The van der Waals surface area contributed by atoms with Gasteiger partial charge >= 0.3 is 0 Å². The summed E-state index contributed by atoms with van der Waals surface area (Å²) in [4.78, 5) is 0. The molecule has 0 aromatic heterocycles. The largest absolute Gasteiger partial charge is 0.393 e. The lowest BCUT2D eigenvalue weighted by atomic mass is 9.42. The van der Waals surface area contributed by atoms with Crippen molar-refractivity contribution in [3.8, 4) is 0 Å². The molecule has 1 N–H and O–H groups in total. The summed E-state index contributed by atoms with van der Waals surface area (Å²) in [5, 5.41) is 10.7. The Morgan fingerprint density at radius 1 is 0.875 bits per heavy atom. The molecule has 32 heavy (non-hydrogen) atoms. The van der Waals surface area contributed by atoms with Crippen molar-refractivity contribution in [2.75, 3.05) is 0 Å². The summed E-state index contributed by atoms with van der Waals surface area (Å²) in [6.07, 6.45) is 19.3. The van der Waals surface area contributed by atoms with E-state index in [0.29, 0.717) is 10.8 Å². The number of rotatable bonds is 8. The van der Waals surface area contributed by atoms with Gasteiger partial charge in [-0.1, -0.05) is 73.6 Å². The van der Waals surface area contributed by atoms with E-state index in [2.05, 4.69) is 41.5 Å². The third kappa shape index (κ3) is 4.35. The molecule has 0 aliphatic heterocycles. The average Bonchev–Trinajstić information content (AvgIpc) is 3.09. The molecular formula is C31H56O. The molecule has 3 unspecified atom stereocenters. The van der Waals surface area contributed by atoms with Crippen LogP contribution in [0.3, 0.4) is 0 Å². The Kier molecular flexibility index (Phi) is 7.76. The van der Waals surface area contributed by atoms with Crippen molar-refractivity contribution in [3.05, 3.63) is 0 Å². The summed E-state index contributed by atoms with van der Waals surface area (Å²) in [6, 6.07) is 0.